The van der Waals surface area contributed by atoms with E-state index in [1.807, 2.05) is 0 Å². The van der Waals surface area contributed by atoms with Gasteiger partial charge in [-0.25, -0.2) is 9.55 Å². The fourth-order valence-electron chi connectivity index (χ4n) is 6.20. The fraction of sp³-hybridized carbons (Fsp3) is 0.379. The molecule has 6 rings (SSSR count). The molecule has 0 fully saturated rings. The molecule has 4 nitrogen and oxygen atoms in total. The second kappa shape index (κ2) is 6.25. The Morgan fingerprint density at radius 3 is 2.42 bits per heavy atom. The summed E-state index contributed by atoms with van der Waals surface area (Å²) in [4.78, 5) is 5.16. The third kappa shape index (κ3) is 2.58. The molecule has 0 bridgehead atoms. The fourth-order valence-corrected chi connectivity index (χ4v) is 6.20. The van der Waals surface area contributed by atoms with Crippen LogP contribution in [0.25, 0.3) is 39.1 Å². The van der Waals surface area contributed by atoms with E-state index in [4.69, 9.17) is 4.98 Å². The van der Waals surface area contributed by atoms with Crippen LogP contribution in [0.4, 0.5) is 0 Å². The van der Waals surface area contributed by atoms with Crippen molar-refractivity contribution in [2.24, 2.45) is 12.5 Å². The SMILES string of the molecule is Cc1c[n+](C)c2c(c1CC(C)(C)C)C(C)(C)n1c3c-2c(C)ccc3n2c3ccccc3nc12. The van der Waals surface area contributed by atoms with Crippen LogP contribution in [0, 0.1) is 19.3 Å². The molecule has 0 atom stereocenters. The molecule has 0 saturated carbocycles. The lowest BCUT2D eigenvalue weighted by molar-refractivity contribution is -0.661. The van der Waals surface area contributed by atoms with Gasteiger partial charge in [-0.2, -0.15) is 0 Å². The maximum Gasteiger partial charge on any atom is 0.220 e. The minimum absolute atomic E-state index is 0.198. The summed E-state index contributed by atoms with van der Waals surface area (Å²) in [5.41, 5.74) is 13.0. The maximum absolute atomic E-state index is 5.16. The van der Waals surface area contributed by atoms with E-state index in [1.165, 1.54) is 50.1 Å². The molecule has 33 heavy (non-hydrogen) atoms. The molecule has 0 amide bonds. The minimum Gasteiger partial charge on any atom is -0.299 e. The van der Waals surface area contributed by atoms with Crippen LogP contribution in [0.1, 0.15) is 56.9 Å². The highest BCUT2D eigenvalue weighted by Gasteiger charge is 2.44. The average molecular weight is 438 g/mol. The number of para-hydroxylation sites is 2. The van der Waals surface area contributed by atoms with E-state index in [9.17, 15) is 0 Å². The van der Waals surface area contributed by atoms with E-state index >= 15 is 0 Å². The molecule has 0 unspecified atom stereocenters. The third-order valence-corrected chi connectivity index (χ3v) is 7.44. The summed E-state index contributed by atoms with van der Waals surface area (Å²) in [5.74, 6) is 1.03. The van der Waals surface area contributed by atoms with Crippen LogP contribution < -0.4 is 4.57 Å². The van der Waals surface area contributed by atoms with Crippen molar-refractivity contribution in [2.75, 3.05) is 0 Å². The average Bonchev–Trinajstić information content (AvgIpc) is 3.23. The highest BCUT2D eigenvalue weighted by Crippen LogP contribution is 2.49. The Labute approximate surface area is 195 Å². The molecule has 3 aromatic heterocycles. The van der Waals surface area contributed by atoms with Crippen molar-refractivity contribution >= 4 is 27.8 Å². The zero-order valence-electron chi connectivity index (χ0n) is 21.0. The number of pyridine rings is 1. The number of hydrogen-bond donors (Lipinski definition) is 0. The normalized spacial score (nSPS) is 15.0. The second-order valence-corrected chi connectivity index (χ2v) is 11.6. The van der Waals surface area contributed by atoms with E-state index in [1.54, 1.807) is 0 Å². The summed E-state index contributed by atoms with van der Waals surface area (Å²) in [7, 11) is 2.21. The summed E-state index contributed by atoms with van der Waals surface area (Å²) in [5, 5.41) is 0. The van der Waals surface area contributed by atoms with E-state index in [-0.39, 0.29) is 11.0 Å². The summed E-state index contributed by atoms with van der Waals surface area (Å²) < 4.78 is 7.23. The Balaban J connectivity index is 1.87. The quantitative estimate of drug-likeness (QED) is 0.285. The number of benzene rings is 2. The molecule has 5 aromatic rings. The molecule has 0 aliphatic carbocycles. The Bertz CT molecular complexity index is 1620. The smallest absolute Gasteiger partial charge is 0.220 e. The molecule has 4 heteroatoms. The van der Waals surface area contributed by atoms with Crippen molar-refractivity contribution < 1.29 is 4.57 Å². The van der Waals surface area contributed by atoms with Gasteiger partial charge in [0.1, 0.15) is 7.05 Å². The third-order valence-electron chi connectivity index (χ3n) is 7.44. The highest BCUT2D eigenvalue weighted by molar-refractivity contribution is 6.01. The van der Waals surface area contributed by atoms with Crippen LogP contribution >= 0.6 is 0 Å². The van der Waals surface area contributed by atoms with Gasteiger partial charge in [0, 0.05) is 5.56 Å². The molecule has 0 radical (unpaired) electrons. The summed E-state index contributed by atoms with van der Waals surface area (Å²) in [6.45, 7) is 16.3. The second-order valence-electron chi connectivity index (χ2n) is 11.6. The molecule has 0 saturated heterocycles. The van der Waals surface area contributed by atoms with Crippen molar-refractivity contribution in [1.29, 1.82) is 0 Å². The molecular formula is C29H33N4+. The van der Waals surface area contributed by atoms with Gasteiger partial charge < -0.3 is 0 Å². The molecule has 1 aliphatic rings. The predicted octanol–water partition coefficient (Wildman–Crippen LogP) is 6.24. The Hall–Kier alpha value is -3.14. The van der Waals surface area contributed by atoms with E-state index in [2.05, 4.69) is 112 Å². The molecule has 1 aliphatic heterocycles. The molecular weight excluding hydrogens is 404 g/mol. The van der Waals surface area contributed by atoms with Gasteiger partial charge in [0.15, 0.2) is 6.20 Å². The van der Waals surface area contributed by atoms with E-state index < -0.39 is 0 Å². The number of hydrogen-bond acceptors (Lipinski definition) is 1. The Morgan fingerprint density at radius 1 is 0.970 bits per heavy atom. The van der Waals surface area contributed by atoms with Crippen molar-refractivity contribution in [3.05, 3.63) is 64.8 Å². The number of rotatable bonds is 1. The maximum atomic E-state index is 5.16. The lowest BCUT2D eigenvalue weighted by Crippen LogP contribution is -2.42. The van der Waals surface area contributed by atoms with Gasteiger partial charge in [-0.1, -0.05) is 39.0 Å². The zero-order valence-corrected chi connectivity index (χ0v) is 21.0. The number of fused-ring (bicyclic) bond motifs is 7. The molecule has 168 valence electrons. The topological polar surface area (TPSA) is 26.1 Å². The first-order valence-corrected chi connectivity index (χ1v) is 12.0. The highest BCUT2D eigenvalue weighted by atomic mass is 15.2. The van der Waals surface area contributed by atoms with Crippen molar-refractivity contribution in [2.45, 2.75) is 60.4 Å². The van der Waals surface area contributed by atoms with Crippen molar-refractivity contribution in [3.8, 4) is 11.3 Å². The number of nitrogens with zero attached hydrogens (tertiary/aromatic N) is 4. The van der Waals surface area contributed by atoms with E-state index in [0.29, 0.717) is 0 Å². The molecule has 2 aromatic carbocycles. The number of imidazole rings is 2. The van der Waals surface area contributed by atoms with Crippen LogP contribution in [-0.4, -0.2) is 14.0 Å². The standard InChI is InChI=1S/C29H33N4/c1-17-13-14-22-25-23(17)26-24(19(15-28(3,4)5)18(2)16-31(26)8)29(6,7)33(25)27-30-20-11-9-10-12-21(20)32(22)27/h9-14,16H,15H2,1-8H3/q+1. The lowest BCUT2D eigenvalue weighted by atomic mass is 9.76. The van der Waals surface area contributed by atoms with Gasteiger partial charge in [0.25, 0.3) is 0 Å². The molecule has 0 N–H and O–H groups in total. The Kier molecular flexibility index (Phi) is 3.88. The summed E-state index contributed by atoms with van der Waals surface area (Å²) in [6, 6.07) is 13.0. The Morgan fingerprint density at radius 2 is 1.70 bits per heavy atom. The first-order valence-electron chi connectivity index (χ1n) is 12.0. The van der Waals surface area contributed by atoms with Crippen LogP contribution in [0.5, 0.6) is 0 Å². The predicted molar refractivity (Wildman–Crippen MR) is 136 cm³/mol. The van der Waals surface area contributed by atoms with Gasteiger partial charge in [0.05, 0.1) is 38.7 Å². The van der Waals surface area contributed by atoms with Crippen molar-refractivity contribution in [3.63, 3.8) is 0 Å². The van der Waals surface area contributed by atoms with Gasteiger partial charge in [-0.05, 0) is 68.9 Å². The minimum atomic E-state index is -0.245. The van der Waals surface area contributed by atoms with Crippen LogP contribution in [0.2, 0.25) is 0 Å². The van der Waals surface area contributed by atoms with Crippen LogP contribution in [0.3, 0.4) is 0 Å². The van der Waals surface area contributed by atoms with Gasteiger partial charge in [0.2, 0.25) is 11.5 Å². The van der Waals surface area contributed by atoms with Gasteiger partial charge >= 0.3 is 0 Å². The molecule has 0 spiro atoms. The van der Waals surface area contributed by atoms with Crippen LogP contribution in [0.15, 0.2) is 42.6 Å². The van der Waals surface area contributed by atoms with Crippen molar-refractivity contribution in [1.82, 2.24) is 14.0 Å². The summed E-state index contributed by atoms with van der Waals surface area (Å²) in [6.07, 6.45) is 3.37. The van der Waals surface area contributed by atoms with Gasteiger partial charge in [-0.15, -0.1) is 0 Å². The first kappa shape index (κ1) is 20.5. The largest absolute Gasteiger partial charge is 0.299 e. The first-order chi connectivity index (χ1) is 15.5. The van der Waals surface area contributed by atoms with Crippen LogP contribution in [-0.2, 0) is 19.0 Å². The lowest BCUT2D eigenvalue weighted by Gasteiger charge is -2.36. The number of aromatic nitrogens is 4. The van der Waals surface area contributed by atoms with E-state index in [0.717, 1.165) is 17.7 Å². The number of aryl methyl sites for hydroxylation is 3. The monoisotopic (exact) mass is 437 g/mol. The summed E-state index contributed by atoms with van der Waals surface area (Å²) >= 11 is 0. The molecule has 4 heterocycles. The van der Waals surface area contributed by atoms with Gasteiger partial charge in [-0.3, -0.25) is 8.97 Å². The zero-order chi connectivity index (χ0) is 23.4.